The summed E-state index contributed by atoms with van der Waals surface area (Å²) >= 11 is 0. The van der Waals surface area contributed by atoms with Crippen LogP contribution in [0.15, 0.2) is 77.9 Å². The molecule has 9 heteroatoms. The molecule has 3 aromatic rings. The number of esters is 1. The van der Waals surface area contributed by atoms with Gasteiger partial charge in [0.1, 0.15) is 5.75 Å². The molecule has 0 saturated heterocycles. The lowest BCUT2D eigenvalue weighted by atomic mass is 10.2. The second kappa shape index (κ2) is 14.0. The van der Waals surface area contributed by atoms with Gasteiger partial charge in [-0.25, -0.2) is 10.2 Å². The highest BCUT2D eigenvalue weighted by Crippen LogP contribution is 2.29. The summed E-state index contributed by atoms with van der Waals surface area (Å²) in [5, 5.41) is 6.46. The minimum absolute atomic E-state index is 0.247. The lowest BCUT2D eigenvalue weighted by Gasteiger charge is -2.11. The van der Waals surface area contributed by atoms with Gasteiger partial charge in [0, 0.05) is 5.56 Å². The molecule has 0 heterocycles. The Morgan fingerprint density at radius 2 is 1.62 bits per heavy atom. The van der Waals surface area contributed by atoms with E-state index in [4.69, 9.17) is 14.2 Å². The minimum atomic E-state index is -0.502. The number of benzene rings is 3. The summed E-state index contributed by atoms with van der Waals surface area (Å²) in [6.45, 7) is 4.54. The fourth-order valence-corrected chi connectivity index (χ4v) is 3.09. The van der Waals surface area contributed by atoms with Gasteiger partial charge in [0.2, 0.25) is 0 Å². The zero-order valence-electron chi connectivity index (χ0n) is 20.7. The topological polar surface area (TPSA) is 115 Å². The van der Waals surface area contributed by atoms with Crippen LogP contribution in [0.3, 0.4) is 0 Å². The largest absolute Gasteiger partial charge is 0.494 e. The van der Waals surface area contributed by atoms with E-state index < -0.39 is 11.9 Å². The summed E-state index contributed by atoms with van der Waals surface area (Å²) in [5.41, 5.74) is 3.80. The SMILES string of the molecule is CCCOc1ccc(C(=O)NCC(=O)N/N=C\c2ccc(OC(=O)c3ccccc3)c(OCC)c2)cc1. The molecular weight excluding hydrogens is 474 g/mol. The maximum absolute atomic E-state index is 12.4. The summed E-state index contributed by atoms with van der Waals surface area (Å²) in [7, 11) is 0. The average molecular weight is 504 g/mol. The molecule has 0 saturated carbocycles. The van der Waals surface area contributed by atoms with Crippen molar-refractivity contribution in [1.82, 2.24) is 10.7 Å². The molecule has 2 amide bonds. The lowest BCUT2D eigenvalue weighted by molar-refractivity contribution is -0.120. The number of hydrogen-bond acceptors (Lipinski definition) is 7. The summed E-state index contributed by atoms with van der Waals surface area (Å²) < 4.78 is 16.6. The van der Waals surface area contributed by atoms with Gasteiger partial charge in [0.15, 0.2) is 11.5 Å². The quantitative estimate of drug-likeness (QED) is 0.167. The Bertz CT molecular complexity index is 1230. The third kappa shape index (κ3) is 8.50. The first kappa shape index (κ1) is 26.9. The number of carbonyl (C=O) groups is 3. The molecule has 0 bridgehead atoms. The van der Waals surface area contributed by atoms with Gasteiger partial charge in [-0.3, -0.25) is 9.59 Å². The summed E-state index contributed by atoms with van der Waals surface area (Å²) in [6, 6.07) is 20.2. The van der Waals surface area contributed by atoms with Crippen LogP contribution in [-0.4, -0.2) is 43.8 Å². The van der Waals surface area contributed by atoms with Crippen LogP contribution in [0.4, 0.5) is 0 Å². The predicted octanol–water partition coefficient (Wildman–Crippen LogP) is 3.97. The maximum atomic E-state index is 12.4. The first-order valence-corrected chi connectivity index (χ1v) is 11.9. The Labute approximate surface area is 215 Å². The fourth-order valence-electron chi connectivity index (χ4n) is 3.09. The van der Waals surface area contributed by atoms with Gasteiger partial charge in [0.05, 0.1) is 31.5 Å². The second-order valence-electron chi connectivity index (χ2n) is 7.74. The van der Waals surface area contributed by atoms with Crippen molar-refractivity contribution in [2.45, 2.75) is 20.3 Å². The molecule has 3 rings (SSSR count). The van der Waals surface area contributed by atoms with Crippen molar-refractivity contribution < 1.29 is 28.6 Å². The van der Waals surface area contributed by atoms with Crippen LogP contribution in [0.2, 0.25) is 0 Å². The van der Waals surface area contributed by atoms with E-state index in [1.807, 2.05) is 19.9 Å². The Kier molecular flexibility index (Phi) is 10.2. The fraction of sp³-hybridized carbons (Fsp3) is 0.214. The van der Waals surface area contributed by atoms with Crippen molar-refractivity contribution in [3.8, 4) is 17.2 Å². The van der Waals surface area contributed by atoms with E-state index in [9.17, 15) is 14.4 Å². The Morgan fingerprint density at radius 1 is 0.865 bits per heavy atom. The van der Waals surface area contributed by atoms with E-state index in [1.54, 1.807) is 66.7 Å². The Hall–Kier alpha value is -4.66. The number of ether oxygens (including phenoxy) is 3. The van der Waals surface area contributed by atoms with E-state index in [-0.39, 0.29) is 18.2 Å². The molecule has 0 aliphatic carbocycles. The Morgan fingerprint density at radius 3 is 2.32 bits per heavy atom. The van der Waals surface area contributed by atoms with Crippen LogP contribution in [0.5, 0.6) is 17.2 Å². The number of nitrogens with one attached hydrogen (secondary N) is 2. The predicted molar refractivity (Wildman–Crippen MR) is 139 cm³/mol. The smallest absolute Gasteiger partial charge is 0.343 e. The van der Waals surface area contributed by atoms with Gasteiger partial charge in [-0.15, -0.1) is 0 Å². The van der Waals surface area contributed by atoms with E-state index in [1.165, 1.54) is 6.21 Å². The molecule has 0 fully saturated rings. The molecular formula is C28H29N3O6. The maximum Gasteiger partial charge on any atom is 0.343 e. The highest BCUT2D eigenvalue weighted by atomic mass is 16.6. The van der Waals surface area contributed by atoms with Crippen LogP contribution in [0.1, 0.15) is 46.5 Å². The monoisotopic (exact) mass is 503 g/mol. The molecule has 9 nitrogen and oxygen atoms in total. The molecule has 192 valence electrons. The van der Waals surface area contributed by atoms with Crippen molar-refractivity contribution in [3.63, 3.8) is 0 Å². The van der Waals surface area contributed by atoms with E-state index in [2.05, 4.69) is 15.8 Å². The standard InChI is InChI=1S/C28H29N3O6/c1-3-16-36-23-13-11-21(12-14-23)27(33)29-19-26(32)31-30-18-20-10-15-24(25(17-20)35-4-2)37-28(34)22-8-6-5-7-9-22/h5-15,17-18H,3-4,16,19H2,1-2H3,(H,29,33)(H,31,32)/b30-18-. The molecule has 3 aromatic carbocycles. The first-order chi connectivity index (χ1) is 18.0. The minimum Gasteiger partial charge on any atom is -0.494 e. The molecule has 0 radical (unpaired) electrons. The summed E-state index contributed by atoms with van der Waals surface area (Å²) in [6.07, 6.45) is 2.31. The first-order valence-electron chi connectivity index (χ1n) is 11.9. The van der Waals surface area contributed by atoms with Crippen molar-refractivity contribution in [1.29, 1.82) is 0 Å². The molecule has 37 heavy (non-hydrogen) atoms. The number of hydrogen-bond donors (Lipinski definition) is 2. The molecule has 2 N–H and O–H groups in total. The number of rotatable bonds is 12. The summed E-state index contributed by atoms with van der Waals surface area (Å²) in [5.74, 6) is -0.0717. The normalized spacial score (nSPS) is 10.5. The lowest BCUT2D eigenvalue weighted by Crippen LogP contribution is -2.34. The molecule has 0 aliphatic heterocycles. The van der Waals surface area contributed by atoms with Gasteiger partial charge in [-0.1, -0.05) is 25.1 Å². The van der Waals surface area contributed by atoms with Crippen LogP contribution >= 0.6 is 0 Å². The zero-order valence-corrected chi connectivity index (χ0v) is 20.7. The third-order valence-corrected chi connectivity index (χ3v) is 4.88. The van der Waals surface area contributed by atoms with Gasteiger partial charge >= 0.3 is 5.97 Å². The van der Waals surface area contributed by atoms with Gasteiger partial charge in [-0.2, -0.15) is 5.10 Å². The zero-order chi connectivity index (χ0) is 26.5. The molecule has 0 spiro atoms. The highest BCUT2D eigenvalue weighted by Gasteiger charge is 2.13. The van der Waals surface area contributed by atoms with Gasteiger partial charge in [-0.05, 0) is 73.5 Å². The summed E-state index contributed by atoms with van der Waals surface area (Å²) in [4.78, 5) is 36.7. The Balaban J connectivity index is 1.51. The number of nitrogens with zero attached hydrogens (tertiary/aromatic N) is 1. The number of carbonyl (C=O) groups excluding carboxylic acids is 3. The van der Waals surface area contributed by atoms with Crippen molar-refractivity contribution in [3.05, 3.63) is 89.5 Å². The second-order valence-corrected chi connectivity index (χ2v) is 7.74. The molecule has 0 atom stereocenters. The van der Waals surface area contributed by atoms with Crippen LogP contribution in [0.25, 0.3) is 0 Å². The van der Waals surface area contributed by atoms with Crippen LogP contribution in [0, 0.1) is 0 Å². The van der Waals surface area contributed by atoms with E-state index in [0.717, 1.165) is 6.42 Å². The van der Waals surface area contributed by atoms with E-state index >= 15 is 0 Å². The van der Waals surface area contributed by atoms with Crippen LogP contribution in [-0.2, 0) is 4.79 Å². The van der Waals surface area contributed by atoms with E-state index in [0.29, 0.717) is 41.4 Å². The average Bonchev–Trinajstić information content (AvgIpc) is 2.92. The van der Waals surface area contributed by atoms with Gasteiger partial charge < -0.3 is 19.5 Å². The van der Waals surface area contributed by atoms with Crippen molar-refractivity contribution in [2.24, 2.45) is 5.10 Å². The third-order valence-electron chi connectivity index (χ3n) is 4.88. The number of amides is 2. The molecule has 0 unspecified atom stereocenters. The van der Waals surface area contributed by atoms with Crippen molar-refractivity contribution >= 4 is 24.0 Å². The van der Waals surface area contributed by atoms with Gasteiger partial charge in [0.25, 0.3) is 11.8 Å². The molecule has 0 aliphatic rings. The van der Waals surface area contributed by atoms with Crippen LogP contribution < -0.4 is 25.0 Å². The number of hydrazone groups is 1. The van der Waals surface area contributed by atoms with Crippen molar-refractivity contribution in [2.75, 3.05) is 19.8 Å². The molecule has 0 aromatic heterocycles. The highest BCUT2D eigenvalue weighted by molar-refractivity contribution is 5.96.